The van der Waals surface area contributed by atoms with Gasteiger partial charge in [-0.3, -0.25) is 4.79 Å². The van der Waals surface area contributed by atoms with Crippen LogP contribution in [0.3, 0.4) is 0 Å². The van der Waals surface area contributed by atoms with Gasteiger partial charge in [0.15, 0.2) is 0 Å². The number of carbonyl (C=O) groups is 1. The summed E-state index contributed by atoms with van der Waals surface area (Å²) in [7, 11) is 0. The van der Waals surface area contributed by atoms with E-state index >= 15 is 0 Å². The molecule has 1 aliphatic heterocycles. The highest BCUT2D eigenvalue weighted by atomic mass is 32.1. The number of thiophene rings is 1. The SMILES string of the molecule is Nc1ccc2sc(C(=O)N3CC4CCC3C4)cc2c1. The van der Waals surface area contributed by atoms with Crippen molar-refractivity contribution in [2.45, 2.75) is 25.3 Å². The molecule has 1 saturated carbocycles. The minimum absolute atomic E-state index is 0.215. The fourth-order valence-corrected chi connectivity index (χ4v) is 4.48. The van der Waals surface area contributed by atoms with E-state index in [1.807, 2.05) is 24.3 Å². The number of likely N-dealkylation sites (tertiary alicyclic amines) is 1. The fraction of sp³-hybridized carbons (Fsp3) is 0.400. The number of fused-ring (bicyclic) bond motifs is 3. The minimum atomic E-state index is 0.215. The zero-order valence-electron chi connectivity index (χ0n) is 10.6. The summed E-state index contributed by atoms with van der Waals surface area (Å²) in [4.78, 5) is 15.5. The Balaban J connectivity index is 1.68. The van der Waals surface area contributed by atoms with Crippen LogP contribution in [0.5, 0.6) is 0 Å². The van der Waals surface area contributed by atoms with E-state index in [0.717, 1.165) is 33.1 Å². The van der Waals surface area contributed by atoms with Gasteiger partial charge in [-0.05, 0) is 54.8 Å². The van der Waals surface area contributed by atoms with Crippen LogP contribution in [0.25, 0.3) is 10.1 Å². The van der Waals surface area contributed by atoms with Crippen molar-refractivity contribution in [3.05, 3.63) is 29.1 Å². The molecule has 0 spiro atoms. The van der Waals surface area contributed by atoms with Crippen molar-refractivity contribution in [1.82, 2.24) is 4.90 Å². The third kappa shape index (κ3) is 1.74. The highest BCUT2D eigenvalue weighted by molar-refractivity contribution is 7.20. The molecule has 4 heteroatoms. The molecule has 2 unspecified atom stereocenters. The van der Waals surface area contributed by atoms with E-state index in [1.165, 1.54) is 19.3 Å². The fourth-order valence-electron chi connectivity index (χ4n) is 3.48. The van der Waals surface area contributed by atoms with Gasteiger partial charge in [-0.15, -0.1) is 11.3 Å². The summed E-state index contributed by atoms with van der Waals surface area (Å²) in [6.07, 6.45) is 3.70. The molecule has 1 aromatic carbocycles. The van der Waals surface area contributed by atoms with Crippen molar-refractivity contribution in [1.29, 1.82) is 0 Å². The van der Waals surface area contributed by atoms with Crippen LogP contribution >= 0.6 is 11.3 Å². The molecular weight excluding hydrogens is 256 g/mol. The van der Waals surface area contributed by atoms with Gasteiger partial charge in [0.1, 0.15) is 0 Å². The number of anilines is 1. The van der Waals surface area contributed by atoms with Crippen LogP contribution in [0.2, 0.25) is 0 Å². The quantitative estimate of drug-likeness (QED) is 0.811. The highest BCUT2D eigenvalue weighted by Crippen LogP contribution is 2.39. The Kier molecular flexibility index (Phi) is 2.36. The van der Waals surface area contributed by atoms with Crippen molar-refractivity contribution in [2.75, 3.05) is 12.3 Å². The van der Waals surface area contributed by atoms with E-state index in [1.54, 1.807) is 11.3 Å². The summed E-state index contributed by atoms with van der Waals surface area (Å²) in [5, 5.41) is 1.08. The molecule has 2 aromatic rings. The lowest BCUT2D eigenvalue weighted by Gasteiger charge is -2.26. The minimum Gasteiger partial charge on any atom is -0.399 e. The molecule has 3 nitrogen and oxygen atoms in total. The van der Waals surface area contributed by atoms with E-state index in [2.05, 4.69) is 4.90 Å². The van der Waals surface area contributed by atoms with Gasteiger partial charge in [0.25, 0.3) is 5.91 Å². The predicted octanol–water partition coefficient (Wildman–Crippen LogP) is 3.11. The number of hydrogen-bond donors (Lipinski definition) is 1. The molecule has 4 rings (SSSR count). The number of rotatable bonds is 1. The standard InChI is InChI=1S/C15H16N2OS/c16-11-2-4-13-10(6-11)7-14(19-13)15(18)17-8-9-1-3-12(17)5-9/h2,4,6-7,9,12H,1,3,5,8,16H2. The van der Waals surface area contributed by atoms with Gasteiger partial charge in [-0.25, -0.2) is 0 Å². The van der Waals surface area contributed by atoms with Gasteiger partial charge in [-0.2, -0.15) is 0 Å². The summed E-state index contributed by atoms with van der Waals surface area (Å²) in [5.41, 5.74) is 6.54. The summed E-state index contributed by atoms with van der Waals surface area (Å²) in [6.45, 7) is 0.958. The Morgan fingerprint density at radius 3 is 2.95 bits per heavy atom. The summed E-state index contributed by atoms with van der Waals surface area (Å²) in [6, 6.07) is 8.32. The first-order valence-electron chi connectivity index (χ1n) is 6.81. The predicted molar refractivity (Wildman–Crippen MR) is 78.4 cm³/mol. The molecule has 2 fully saturated rings. The molecule has 1 saturated heterocycles. The van der Waals surface area contributed by atoms with E-state index in [0.29, 0.717) is 6.04 Å². The Morgan fingerprint density at radius 1 is 1.32 bits per heavy atom. The second-order valence-electron chi connectivity index (χ2n) is 5.70. The normalized spacial score (nSPS) is 25.4. The molecule has 19 heavy (non-hydrogen) atoms. The molecule has 1 aliphatic carbocycles. The van der Waals surface area contributed by atoms with Crippen molar-refractivity contribution in [2.24, 2.45) is 5.92 Å². The van der Waals surface area contributed by atoms with Gasteiger partial charge < -0.3 is 10.6 Å². The molecule has 2 N–H and O–H groups in total. The zero-order chi connectivity index (χ0) is 13.0. The van der Waals surface area contributed by atoms with Crippen molar-refractivity contribution < 1.29 is 4.79 Å². The summed E-state index contributed by atoms with van der Waals surface area (Å²) >= 11 is 1.58. The van der Waals surface area contributed by atoms with Crippen LogP contribution < -0.4 is 5.73 Å². The third-order valence-corrected chi connectivity index (χ3v) is 5.53. The molecule has 1 amide bonds. The topological polar surface area (TPSA) is 46.3 Å². The number of benzene rings is 1. The molecule has 98 valence electrons. The number of piperidine rings is 1. The smallest absolute Gasteiger partial charge is 0.264 e. The lowest BCUT2D eigenvalue weighted by Crippen LogP contribution is -2.37. The maximum absolute atomic E-state index is 12.6. The maximum atomic E-state index is 12.6. The number of nitrogens with two attached hydrogens (primary N) is 1. The monoisotopic (exact) mass is 272 g/mol. The number of nitrogens with zero attached hydrogens (tertiary/aromatic N) is 1. The van der Waals surface area contributed by atoms with Crippen LogP contribution in [-0.4, -0.2) is 23.4 Å². The summed E-state index contributed by atoms with van der Waals surface area (Å²) < 4.78 is 1.14. The third-order valence-electron chi connectivity index (χ3n) is 4.42. The van der Waals surface area contributed by atoms with Gasteiger partial charge >= 0.3 is 0 Å². The van der Waals surface area contributed by atoms with Gasteiger partial charge in [0.05, 0.1) is 4.88 Å². The van der Waals surface area contributed by atoms with Gasteiger partial charge in [0.2, 0.25) is 0 Å². The van der Waals surface area contributed by atoms with E-state index in [9.17, 15) is 4.79 Å². The van der Waals surface area contributed by atoms with Crippen molar-refractivity contribution in [3.63, 3.8) is 0 Å². The number of carbonyl (C=O) groups excluding carboxylic acids is 1. The Labute approximate surface area is 116 Å². The highest BCUT2D eigenvalue weighted by Gasteiger charge is 2.40. The van der Waals surface area contributed by atoms with Crippen LogP contribution in [0.15, 0.2) is 24.3 Å². The Bertz CT molecular complexity index is 663. The molecule has 2 aliphatic rings. The van der Waals surface area contributed by atoms with E-state index < -0.39 is 0 Å². The van der Waals surface area contributed by atoms with E-state index in [4.69, 9.17) is 5.73 Å². The maximum Gasteiger partial charge on any atom is 0.264 e. The Hall–Kier alpha value is -1.55. The molecule has 2 heterocycles. The second kappa shape index (κ2) is 3.97. The number of amides is 1. The largest absolute Gasteiger partial charge is 0.399 e. The molecule has 2 atom stereocenters. The average molecular weight is 272 g/mol. The van der Waals surface area contributed by atoms with Crippen LogP contribution in [0.4, 0.5) is 5.69 Å². The van der Waals surface area contributed by atoms with Crippen LogP contribution in [-0.2, 0) is 0 Å². The molecule has 1 aromatic heterocycles. The second-order valence-corrected chi connectivity index (χ2v) is 6.78. The molecular formula is C15H16N2OS. The lowest BCUT2D eigenvalue weighted by atomic mass is 10.1. The van der Waals surface area contributed by atoms with Crippen molar-refractivity contribution >= 4 is 33.0 Å². The Morgan fingerprint density at radius 2 is 2.21 bits per heavy atom. The first-order valence-corrected chi connectivity index (χ1v) is 7.62. The van der Waals surface area contributed by atoms with Crippen molar-refractivity contribution in [3.8, 4) is 0 Å². The summed E-state index contributed by atoms with van der Waals surface area (Å²) in [5.74, 6) is 0.964. The van der Waals surface area contributed by atoms with E-state index in [-0.39, 0.29) is 5.91 Å². The number of hydrogen-bond acceptors (Lipinski definition) is 3. The molecule has 0 radical (unpaired) electrons. The van der Waals surface area contributed by atoms with Gasteiger partial charge in [0, 0.05) is 23.0 Å². The molecule has 2 bridgehead atoms. The average Bonchev–Trinajstić information content (AvgIpc) is 3.11. The van der Waals surface area contributed by atoms with Crippen LogP contribution in [0, 0.1) is 5.92 Å². The zero-order valence-corrected chi connectivity index (χ0v) is 11.5. The van der Waals surface area contributed by atoms with Gasteiger partial charge in [-0.1, -0.05) is 0 Å². The van der Waals surface area contributed by atoms with Crippen LogP contribution in [0.1, 0.15) is 28.9 Å². The lowest BCUT2D eigenvalue weighted by molar-refractivity contribution is 0.0708. The first kappa shape index (κ1) is 11.3. The number of nitrogen functional groups attached to an aromatic ring is 1. The first-order chi connectivity index (χ1) is 9.20.